The summed E-state index contributed by atoms with van der Waals surface area (Å²) in [5.74, 6) is 3.28. The highest BCUT2D eigenvalue weighted by Crippen LogP contribution is 2.35. The van der Waals surface area contributed by atoms with Crippen LogP contribution in [0.25, 0.3) is 0 Å². The van der Waals surface area contributed by atoms with Crippen LogP contribution in [0.1, 0.15) is 36.7 Å². The van der Waals surface area contributed by atoms with E-state index in [1.807, 2.05) is 30.5 Å². The highest BCUT2D eigenvalue weighted by molar-refractivity contribution is 7.98. The number of benzene rings is 1. The third-order valence-electron chi connectivity index (χ3n) is 3.84. The second-order valence-corrected chi connectivity index (χ2v) is 7.25. The summed E-state index contributed by atoms with van der Waals surface area (Å²) in [6.45, 7) is 6.01. The van der Waals surface area contributed by atoms with Gasteiger partial charge in [-0.2, -0.15) is 0 Å². The Bertz CT molecular complexity index is 884. The minimum Gasteiger partial charge on any atom is -0.451 e. The third kappa shape index (κ3) is 4.52. The van der Waals surface area contributed by atoms with Crippen molar-refractivity contribution in [1.29, 1.82) is 0 Å². The second-order valence-electron chi connectivity index (χ2n) is 6.26. The molecule has 0 aliphatic carbocycles. The average molecular weight is 366 g/mol. The molecule has 0 unspecified atom stereocenters. The predicted molar refractivity (Wildman–Crippen MR) is 106 cm³/mol. The van der Waals surface area contributed by atoms with Crippen molar-refractivity contribution in [2.24, 2.45) is 0 Å². The lowest BCUT2D eigenvalue weighted by Crippen LogP contribution is -2.01. The van der Waals surface area contributed by atoms with E-state index in [1.54, 1.807) is 24.9 Å². The predicted octanol–water partition coefficient (Wildman–Crippen LogP) is 4.97. The van der Waals surface area contributed by atoms with Crippen molar-refractivity contribution in [3.8, 4) is 11.5 Å². The molecule has 0 radical (unpaired) electrons. The Kier molecular flexibility index (Phi) is 5.73. The first-order valence-electron chi connectivity index (χ1n) is 8.46. The monoisotopic (exact) mass is 366 g/mol. The minimum absolute atomic E-state index is 0.276. The van der Waals surface area contributed by atoms with Crippen LogP contribution in [0.3, 0.4) is 0 Å². The lowest BCUT2D eigenvalue weighted by molar-refractivity contribution is 0.467. The fourth-order valence-electron chi connectivity index (χ4n) is 2.44. The molecule has 26 heavy (non-hydrogen) atoms. The standard InChI is InChI=1S/C20H22N4OS/c1-13(2)16-10-23-19(26-12-15-7-5-4-6-8-15)9-17(16)25-18-11-22-14(3)24-20(18)21/h4-11,13H,12H2,1-3H3,(H2,21,22,24). The van der Waals surface area contributed by atoms with Gasteiger partial charge in [0.2, 0.25) is 0 Å². The van der Waals surface area contributed by atoms with Gasteiger partial charge in [0.25, 0.3) is 0 Å². The molecule has 134 valence electrons. The molecular formula is C20H22N4OS. The number of hydrogen-bond donors (Lipinski definition) is 1. The number of aryl methyl sites for hydroxylation is 1. The van der Waals surface area contributed by atoms with Crippen molar-refractivity contribution in [2.75, 3.05) is 5.73 Å². The smallest absolute Gasteiger partial charge is 0.187 e. The zero-order chi connectivity index (χ0) is 18.5. The van der Waals surface area contributed by atoms with Gasteiger partial charge in [0.15, 0.2) is 11.6 Å². The number of ether oxygens (including phenoxy) is 1. The summed E-state index contributed by atoms with van der Waals surface area (Å²) in [5, 5.41) is 0.903. The number of pyridine rings is 1. The molecule has 0 aliphatic rings. The van der Waals surface area contributed by atoms with Gasteiger partial charge in [-0.15, -0.1) is 11.8 Å². The Balaban J connectivity index is 1.84. The van der Waals surface area contributed by atoms with E-state index in [0.717, 1.165) is 22.1 Å². The number of anilines is 1. The summed E-state index contributed by atoms with van der Waals surface area (Å²) in [6, 6.07) is 12.3. The van der Waals surface area contributed by atoms with E-state index in [0.29, 0.717) is 17.4 Å². The van der Waals surface area contributed by atoms with E-state index in [2.05, 4.69) is 40.9 Å². The zero-order valence-electron chi connectivity index (χ0n) is 15.1. The van der Waals surface area contributed by atoms with Gasteiger partial charge in [0.1, 0.15) is 11.6 Å². The first kappa shape index (κ1) is 18.2. The minimum atomic E-state index is 0.276. The number of rotatable bonds is 6. The van der Waals surface area contributed by atoms with E-state index < -0.39 is 0 Å². The van der Waals surface area contributed by atoms with Gasteiger partial charge in [0.05, 0.1) is 11.2 Å². The quantitative estimate of drug-likeness (QED) is 0.621. The fraction of sp³-hybridized carbons (Fsp3) is 0.250. The lowest BCUT2D eigenvalue weighted by atomic mass is 10.1. The Morgan fingerprint density at radius 1 is 1.08 bits per heavy atom. The molecule has 2 heterocycles. The van der Waals surface area contributed by atoms with E-state index in [-0.39, 0.29) is 5.92 Å². The van der Waals surface area contributed by atoms with Gasteiger partial charge < -0.3 is 10.5 Å². The maximum atomic E-state index is 6.05. The Morgan fingerprint density at radius 2 is 1.85 bits per heavy atom. The summed E-state index contributed by atoms with van der Waals surface area (Å²) in [4.78, 5) is 12.9. The Hall–Kier alpha value is -2.60. The van der Waals surface area contributed by atoms with Crippen molar-refractivity contribution in [3.63, 3.8) is 0 Å². The molecule has 1 aromatic carbocycles. The summed E-state index contributed by atoms with van der Waals surface area (Å²) in [6.07, 6.45) is 3.48. The van der Waals surface area contributed by atoms with Crippen LogP contribution >= 0.6 is 11.8 Å². The number of nitrogens with zero attached hydrogens (tertiary/aromatic N) is 3. The van der Waals surface area contributed by atoms with E-state index in [1.165, 1.54) is 5.56 Å². The summed E-state index contributed by atoms with van der Waals surface area (Å²) in [7, 11) is 0. The number of aromatic nitrogens is 3. The normalized spacial score (nSPS) is 10.9. The van der Waals surface area contributed by atoms with Gasteiger partial charge in [-0.3, -0.25) is 0 Å². The lowest BCUT2D eigenvalue weighted by Gasteiger charge is -2.15. The van der Waals surface area contributed by atoms with E-state index >= 15 is 0 Å². The maximum Gasteiger partial charge on any atom is 0.187 e. The maximum absolute atomic E-state index is 6.05. The van der Waals surface area contributed by atoms with Crippen LogP contribution < -0.4 is 10.5 Å². The molecule has 0 atom stereocenters. The molecule has 5 nitrogen and oxygen atoms in total. The van der Waals surface area contributed by atoms with Gasteiger partial charge in [-0.05, 0) is 18.4 Å². The van der Waals surface area contributed by atoms with Crippen molar-refractivity contribution < 1.29 is 4.74 Å². The van der Waals surface area contributed by atoms with Crippen LogP contribution in [-0.4, -0.2) is 15.0 Å². The Morgan fingerprint density at radius 3 is 2.54 bits per heavy atom. The summed E-state index contributed by atoms with van der Waals surface area (Å²) >= 11 is 1.67. The molecule has 6 heteroatoms. The van der Waals surface area contributed by atoms with Crippen molar-refractivity contribution in [3.05, 3.63) is 65.7 Å². The molecule has 0 amide bonds. The first-order valence-corrected chi connectivity index (χ1v) is 9.45. The SMILES string of the molecule is Cc1ncc(Oc2cc(SCc3ccccc3)ncc2C(C)C)c(N)n1. The summed E-state index contributed by atoms with van der Waals surface area (Å²) < 4.78 is 6.05. The number of thioether (sulfide) groups is 1. The van der Waals surface area contributed by atoms with Crippen LogP contribution in [0, 0.1) is 6.92 Å². The molecule has 0 bridgehead atoms. The third-order valence-corrected chi connectivity index (χ3v) is 4.84. The topological polar surface area (TPSA) is 73.9 Å². The largest absolute Gasteiger partial charge is 0.451 e. The van der Waals surface area contributed by atoms with Crippen molar-refractivity contribution in [1.82, 2.24) is 15.0 Å². The van der Waals surface area contributed by atoms with Crippen molar-refractivity contribution >= 4 is 17.6 Å². The van der Waals surface area contributed by atoms with Crippen LogP contribution in [0.2, 0.25) is 0 Å². The molecule has 3 rings (SSSR count). The molecule has 0 spiro atoms. The highest BCUT2D eigenvalue weighted by atomic mass is 32.2. The molecule has 0 saturated heterocycles. The first-order chi connectivity index (χ1) is 12.5. The molecule has 2 N–H and O–H groups in total. The zero-order valence-corrected chi connectivity index (χ0v) is 16.0. The number of nitrogens with two attached hydrogens (primary N) is 1. The molecule has 0 aliphatic heterocycles. The number of nitrogen functional groups attached to an aromatic ring is 1. The van der Waals surface area contributed by atoms with E-state index in [9.17, 15) is 0 Å². The number of hydrogen-bond acceptors (Lipinski definition) is 6. The highest BCUT2D eigenvalue weighted by Gasteiger charge is 2.14. The fourth-order valence-corrected chi connectivity index (χ4v) is 3.26. The molecule has 3 aromatic rings. The van der Waals surface area contributed by atoms with Crippen LogP contribution in [0.15, 0.2) is 53.8 Å². The van der Waals surface area contributed by atoms with E-state index in [4.69, 9.17) is 10.5 Å². The van der Waals surface area contributed by atoms with Gasteiger partial charge >= 0.3 is 0 Å². The molecule has 0 fully saturated rings. The second kappa shape index (κ2) is 8.19. The van der Waals surface area contributed by atoms with Gasteiger partial charge in [-0.25, -0.2) is 15.0 Å². The molecule has 0 saturated carbocycles. The van der Waals surface area contributed by atoms with Gasteiger partial charge in [-0.1, -0.05) is 44.2 Å². The molecule has 2 aromatic heterocycles. The van der Waals surface area contributed by atoms with Crippen LogP contribution in [-0.2, 0) is 5.75 Å². The summed E-state index contributed by atoms with van der Waals surface area (Å²) in [5.41, 5.74) is 8.25. The average Bonchev–Trinajstić information content (AvgIpc) is 2.63. The van der Waals surface area contributed by atoms with Crippen LogP contribution in [0.4, 0.5) is 5.82 Å². The van der Waals surface area contributed by atoms with Crippen LogP contribution in [0.5, 0.6) is 11.5 Å². The van der Waals surface area contributed by atoms with Crippen molar-refractivity contribution in [2.45, 2.75) is 37.5 Å². The molecular weight excluding hydrogens is 344 g/mol. The Labute approximate surface area is 158 Å². The van der Waals surface area contributed by atoms with Gasteiger partial charge in [0, 0.05) is 23.6 Å².